The number of non-ortho nitro benzene ring substituents is 1. The fourth-order valence-electron chi connectivity index (χ4n) is 3.63. The van der Waals surface area contributed by atoms with Crippen LogP contribution in [0.1, 0.15) is 58.4 Å². The highest BCUT2D eigenvalue weighted by Gasteiger charge is 2.29. The predicted octanol–water partition coefficient (Wildman–Crippen LogP) is 6.46. The molecule has 0 aromatic heterocycles. The third kappa shape index (κ3) is 5.62. The number of hydrogen-bond acceptors (Lipinski definition) is 3. The van der Waals surface area contributed by atoms with Crippen LogP contribution in [0.4, 0.5) is 5.69 Å². The third-order valence-electron chi connectivity index (χ3n) is 5.30. The number of nitro groups is 1. The second-order valence-electron chi connectivity index (χ2n) is 7.73. The van der Waals surface area contributed by atoms with Gasteiger partial charge in [-0.25, -0.2) is 0 Å². The standard InChI is InChI=1S/C24H29NO3/c1-17(2)6-5-7-18(3)8-15-23-19(4)9-10-21(16-26)24(23)20-11-13-22(14-12-20)25(27)28/h6,8-14,16,23-24H,5,7,15H2,1-4H3/b18-8+/t23-,24+/m0/s1. The zero-order valence-electron chi connectivity index (χ0n) is 17.1. The molecule has 0 heterocycles. The van der Waals surface area contributed by atoms with E-state index in [1.807, 2.05) is 12.2 Å². The highest BCUT2D eigenvalue weighted by molar-refractivity contribution is 5.78. The molecule has 0 bridgehead atoms. The van der Waals surface area contributed by atoms with Crippen molar-refractivity contribution in [2.24, 2.45) is 5.92 Å². The largest absolute Gasteiger partial charge is 0.298 e. The molecular weight excluding hydrogens is 350 g/mol. The summed E-state index contributed by atoms with van der Waals surface area (Å²) in [7, 11) is 0. The van der Waals surface area contributed by atoms with Gasteiger partial charge < -0.3 is 0 Å². The van der Waals surface area contributed by atoms with Crippen LogP contribution in [-0.4, -0.2) is 11.2 Å². The number of nitro benzene ring substituents is 1. The Morgan fingerprint density at radius 1 is 1.11 bits per heavy atom. The summed E-state index contributed by atoms with van der Waals surface area (Å²) in [5.41, 5.74) is 5.63. The van der Waals surface area contributed by atoms with E-state index >= 15 is 0 Å². The molecule has 0 N–H and O–H groups in total. The van der Waals surface area contributed by atoms with Crippen molar-refractivity contribution < 1.29 is 9.72 Å². The second kappa shape index (κ2) is 9.98. The van der Waals surface area contributed by atoms with Gasteiger partial charge in [-0.2, -0.15) is 0 Å². The van der Waals surface area contributed by atoms with Gasteiger partial charge in [-0.3, -0.25) is 14.9 Å². The fraction of sp³-hybridized carbons (Fsp3) is 0.375. The summed E-state index contributed by atoms with van der Waals surface area (Å²) in [6, 6.07) is 6.58. The lowest BCUT2D eigenvalue weighted by Gasteiger charge is -2.31. The summed E-state index contributed by atoms with van der Waals surface area (Å²) in [5.74, 6) is 0.0928. The average molecular weight is 380 g/mol. The molecule has 148 valence electrons. The summed E-state index contributed by atoms with van der Waals surface area (Å²) in [5, 5.41) is 10.9. The Bertz CT molecular complexity index is 837. The maximum atomic E-state index is 11.7. The van der Waals surface area contributed by atoms with Gasteiger partial charge in [0.2, 0.25) is 0 Å². The van der Waals surface area contributed by atoms with Crippen LogP contribution >= 0.6 is 0 Å². The van der Waals surface area contributed by atoms with E-state index < -0.39 is 4.92 Å². The smallest absolute Gasteiger partial charge is 0.269 e. The Hall–Kier alpha value is -2.75. The topological polar surface area (TPSA) is 60.2 Å². The summed E-state index contributed by atoms with van der Waals surface area (Å²) in [6.45, 7) is 8.46. The molecule has 2 atom stereocenters. The van der Waals surface area contributed by atoms with E-state index in [9.17, 15) is 14.9 Å². The number of hydrogen-bond donors (Lipinski definition) is 0. The molecule has 0 saturated carbocycles. The molecule has 0 spiro atoms. The molecule has 4 nitrogen and oxygen atoms in total. The van der Waals surface area contributed by atoms with Crippen LogP contribution in [0.15, 0.2) is 70.9 Å². The number of aldehydes is 1. The van der Waals surface area contributed by atoms with Crippen molar-refractivity contribution >= 4 is 12.0 Å². The Kier molecular flexibility index (Phi) is 7.68. The van der Waals surface area contributed by atoms with Gasteiger partial charge in [0.25, 0.3) is 5.69 Å². The molecule has 4 heteroatoms. The Labute approximate surface area is 167 Å². The minimum absolute atomic E-state index is 0.0648. The lowest BCUT2D eigenvalue weighted by Crippen LogP contribution is -2.20. The van der Waals surface area contributed by atoms with E-state index in [1.54, 1.807) is 12.1 Å². The number of nitrogens with zero attached hydrogens (tertiary/aromatic N) is 1. The van der Waals surface area contributed by atoms with Gasteiger partial charge in [-0.05, 0) is 64.0 Å². The molecule has 2 rings (SSSR count). The van der Waals surface area contributed by atoms with Crippen LogP contribution in [-0.2, 0) is 4.79 Å². The van der Waals surface area contributed by atoms with E-state index in [1.165, 1.54) is 28.9 Å². The first-order chi connectivity index (χ1) is 13.3. The van der Waals surface area contributed by atoms with Crippen LogP contribution < -0.4 is 0 Å². The Morgan fingerprint density at radius 3 is 2.36 bits per heavy atom. The molecule has 0 radical (unpaired) electrons. The first kappa shape index (κ1) is 21.5. The van der Waals surface area contributed by atoms with Gasteiger partial charge >= 0.3 is 0 Å². The summed E-state index contributed by atoms with van der Waals surface area (Å²) in [4.78, 5) is 22.2. The first-order valence-electron chi connectivity index (χ1n) is 9.70. The van der Waals surface area contributed by atoms with E-state index in [4.69, 9.17) is 0 Å². The molecule has 1 aromatic carbocycles. The lowest BCUT2D eigenvalue weighted by atomic mass is 9.72. The SMILES string of the molecule is CC(C)=CCC/C(C)=C/C[C@H]1C(C)=CC=C(C=O)[C@H]1c1ccc([N+](=O)[O-])cc1. The van der Waals surface area contributed by atoms with E-state index in [0.717, 1.165) is 36.7 Å². The molecule has 0 aliphatic heterocycles. The average Bonchev–Trinajstić information content (AvgIpc) is 2.66. The molecule has 0 saturated heterocycles. The minimum Gasteiger partial charge on any atom is -0.298 e. The highest BCUT2D eigenvalue weighted by atomic mass is 16.6. The zero-order valence-corrected chi connectivity index (χ0v) is 17.1. The van der Waals surface area contributed by atoms with Crippen molar-refractivity contribution in [3.63, 3.8) is 0 Å². The van der Waals surface area contributed by atoms with Crippen molar-refractivity contribution in [3.05, 3.63) is 86.5 Å². The Balaban J connectivity index is 2.25. The van der Waals surface area contributed by atoms with E-state index in [-0.39, 0.29) is 17.5 Å². The van der Waals surface area contributed by atoms with Crippen molar-refractivity contribution in [3.8, 4) is 0 Å². The number of carbonyl (C=O) groups excluding carboxylic acids is 1. The molecule has 0 unspecified atom stereocenters. The molecule has 28 heavy (non-hydrogen) atoms. The molecule has 1 aromatic rings. The number of rotatable bonds is 8. The number of allylic oxidation sites excluding steroid dienone is 8. The fourth-order valence-corrected chi connectivity index (χ4v) is 3.63. The minimum atomic E-state index is -0.400. The van der Waals surface area contributed by atoms with Crippen molar-refractivity contribution in [1.29, 1.82) is 0 Å². The maximum Gasteiger partial charge on any atom is 0.269 e. The van der Waals surface area contributed by atoms with Gasteiger partial charge in [0.15, 0.2) is 0 Å². The van der Waals surface area contributed by atoms with E-state index in [0.29, 0.717) is 0 Å². The van der Waals surface area contributed by atoms with Crippen molar-refractivity contribution in [2.45, 2.75) is 52.9 Å². The van der Waals surface area contributed by atoms with Gasteiger partial charge in [0, 0.05) is 18.1 Å². The monoisotopic (exact) mass is 379 g/mol. The summed E-state index contributed by atoms with van der Waals surface area (Å²) >= 11 is 0. The van der Waals surface area contributed by atoms with Crippen LogP contribution in [0.5, 0.6) is 0 Å². The highest BCUT2D eigenvalue weighted by Crippen LogP contribution is 2.41. The summed E-state index contributed by atoms with van der Waals surface area (Å²) in [6.07, 6.45) is 12.2. The van der Waals surface area contributed by atoms with Gasteiger partial charge in [0.05, 0.1) is 4.92 Å². The van der Waals surface area contributed by atoms with Crippen molar-refractivity contribution in [1.82, 2.24) is 0 Å². The molecule has 1 aliphatic carbocycles. The van der Waals surface area contributed by atoms with Crippen molar-refractivity contribution in [2.75, 3.05) is 0 Å². The maximum absolute atomic E-state index is 11.7. The molecular formula is C24H29NO3. The third-order valence-corrected chi connectivity index (χ3v) is 5.30. The van der Waals surface area contributed by atoms with Crippen LogP contribution in [0.2, 0.25) is 0 Å². The number of carbonyl (C=O) groups is 1. The van der Waals surface area contributed by atoms with Crippen LogP contribution in [0.3, 0.4) is 0 Å². The quantitative estimate of drug-likeness (QED) is 0.225. The van der Waals surface area contributed by atoms with Crippen LogP contribution in [0.25, 0.3) is 0 Å². The van der Waals surface area contributed by atoms with Gasteiger partial charge in [0.1, 0.15) is 6.29 Å². The van der Waals surface area contributed by atoms with E-state index in [2.05, 4.69) is 39.8 Å². The molecule has 0 fully saturated rings. The second-order valence-corrected chi connectivity index (χ2v) is 7.73. The first-order valence-corrected chi connectivity index (χ1v) is 9.70. The number of benzene rings is 1. The molecule has 0 amide bonds. The van der Waals surface area contributed by atoms with Gasteiger partial charge in [-0.1, -0.05) is 53.2 Å². The van der Waals surface area contributed by atoms with Gasteiger partial charge in [-0.15, -0.1) is 0 Å². The predicted molar refractivity (Wildman–Crippen MR) is 114 cm³/mol. The normalized spacial score (nSPS) is 19.5. The Morgan fingerprint density at radius 2 is 1.79 bits per heavy atom. The zero-order chi connectivity index (χ0) is 20.7. The lowest BCUT2D eigenvalue weighted by molar-refractivity contribution is -0.384. The molecule has 1 aliphatic rings. The van der Waals surface area contributed by atoms with Crippen LogP contribution in [0, 0.1) is 16.0 Å². The summed E-state index contributed by atoms with van der Waals surface area (Å²) < 4.78 is 0.